The summed E-state index contributed by atoms with van der Waals surface area (Å²) in [5.74, 6) is -4.00. The maximum Gasteiger partial charge on any atom is 0.407 e. The molecule has 5 atom stereocenters. The van der Waals surface area contributed by atoms with Crippen LogP contribution in [0.4, 0.5) is 4.79 Å². The van der Waals surface area contributed by atoms with E-state index in [0.717, 1.165) is 32.1 Å². The van der Waals surface area contributed by atoms with Crippen LogP contribution >= 0.6 is 11.8 Å². The molecule has 0 aromatic heterocycles. The summed E-state index contributed by atoms with van der Waals surface area (Å²) in [4.78, 5) is 96.7. The molecule has 1 aromatic carbocycles. The molecule has 3 unspecified atom stereocenters. The highest BCUT2D eigenvalue weighted by Crippen LogP contribution is 2.37. The summed E-state index contributed by atoms with van der Waals surface area (Å²) in [5.41, 5.74) is 0.553. The first-order valence-corrected chi connectivity index (χ1v) is 20.4. The number of nitrogens with zero attached hydrogens (tertiary/aromatic N) is 2. The van der Waals surface area contributed by atoms with E-state index in [9.17, 15) is 33.6 Å². The number of hydrogen-bond acceptors (Lipinski definition) is 9. The number of carbonyl (C=O) groups excluding carboxylic acids is 7. The van der Waals surface area contributed by atoms with Gasteiger partial charge in [-0.2, -0.15) is 11.8 Å². The molecule has 15 heteroatoms. The summed E-state index contributed by atoms with van der Waals surface area (Å²) in [5, 5.41) is 10.5. The summed E-state index contributed by atoms with van der Waals surface area (Å²) in [6, 6.07) is 4.61. The SMILES string of the molecule is CCCC(NC(=O)C1C[C@@H](SC(C)(C)C)CN1C(=O)[C@@H](NC(=O)OCC(C)C)C1CCCCC1)C(=O)C(=O)NCC(=O)NC(C(=O)N(C)C)c1ccccc1. The third-order valence-corrected chi connectivity index (χ3v) is 10.9. The summed E-state index contributed by atoms with van der Waals surface area (Å²) in [7, 11) is 3.13. The number of likely N-dealkylation sites (tertiary alicyclic amines) is 1. The van der Waals surface area contributed by atoms with Gasteiger partial charge in [-0.3, -0.25) is 28.8 Å². The van der Waals surface area contributed by atoms with Gasteiger partial charge in [0.25, 0.3) is 5.91 Å². The molecular weight excluding hydrogens is 725 g/mol. The molecule has 55 heavy (non-hydrogen) atoms. The monoisotopic (exact) mass is 786 g/mol. The predicted octanol–water partition coefficient (Wildman–Crippen LogP) is 3.73. The number of carbonyl (C=O) groups is 7. The van der Waals surface area contributed by atoms with Crippen molar-refractivity contribution in [3.63, 3.8) is 0 Å². The zero-order chi connectivity index (χ0) is 40.9. The van der Waals surface area contributed by atoms with Crippen molar-refractivity contribution in [2.45, 2.75) is 127 Å². The molecule has 3 rings (SSSR count). The van der Waals surface area contributed by atoms with Crippen molar-refractivity contribution in [3.8, 4) is 0 Å². The topological polar surface area (TPSA) is 183 Å². The highest BCUT2D eigenvalue weighted by molar-refractivity contribution is 8.01. The molecule has 1 saturated carbocycles. The molecule has 1 heterocycles. The molecule has 6 amide bonds. The number of Topliss-reactive ketones (excluding diaryl/α,β-unsaturated/α-hetero) is 1. The third-order valence-electron chi connectivity index (χ3n) is 9.55. The molecule has 306 valence electrons. The summed E-state index contributed by atoms with van der Waals surface area (Å²) < 4.78 is 5.23. The Morgan fingerprint density at radius 2 is 1.60 bits per heavy atom. The largest absolute Gasteiger partial charge is 0.449 e. The Bertz CT molecular complexity index is 1490. The number of alkyl carbamates (subject to hydrolysis) is 1. The summed E-state index contributed by atoms with van der Waals surface area (Å²) in [6.07, 6.45) is 4.66. The Hall–Kier alpha value is -4.14. The van der Waals surface area contributed by atoms with E-state index in [-0.39, 0.29) is 53.2 Å². The number of nitrogens with one attached hydrogen (secondary N) is 4. The van der Waals surface area contributed by atoms with Gasteiger partial charge < -0.3 is 35.8 Å². The van der Waals surface area contributed by atoms with Gasteiger partial charge in [-0.1, -0.05) is 97.6 Å². The fraction of sp³-hybridized carbons (Fsp3) is 0.675. The molecule has 14 nitrogen and oxygen atoms in total. The lowest BCUT2D eigenvalue weighted by atomic mass is 9.83. The number of likely N-dealkylation sites (N-methyl/N-ethyl adjacent to an activating group) is 1. The molecule has 0 spiro atoms. The Morgan fingerprint density at radius 1 is 0.945 bits per heavy atom. The van der Waals surface area contributed by atoms with Crippen molar-refractivity contribution >= 4 is 53.2 Å². The van der Waals surface area contributed by atoms with Crippen LogP contribution in [0.2, 0.25) is 0 Å². The van der Waals surface area contributed by atoms with Gasteiger partial charge in [0.05, 0.1) is 19.2 Å². The van der Waals surface area contributed by atoms with Gasteiger partial charge in [0.2, 0.25) is 29.4 Å². The number of thioether (sulfide) groups is 1. The smallest absolute Gasteiger partial charge is 0.407 e. The van der Waals surface area contributed by atoms with E-state index in [1.165, 1.54) is 9.80 Å². The Kier molecular flexibility index (Phi) is 17.5. The second kappa shape index (κ2) is 21.2. The van der Waals surface area contributed by atoms with Crippen LogP contribution < -0.4 is 21.3 Å². The van der Waals surface area contributed by atoms with Crippen LogP contribution in [-0.2, 0) is 33.5 Å². The van der Waals surface area contributed by atoms with E-state index < -0.39 is 60.3 Å². The maximum atomic E-state index is 14.5. The standard InChI is InChI=1S/C40H62N6O8S/c1-9-16-29(34(48)36(50)41-22-31(47)43-32(37(51)45(7)8)26-17-12-10-13-18-26)42-35(49)30-21-28(55-40(4,5)6)23-46(30)38(52)33(27-19-14-11-15-20-27)44-39(53)54-24-25(2)3/h10,12-13,17-18,25,27-30,32-33H,9,11,14-16,19-24H2,1-8H3,(H,41,50)(H,42,49)(H,43,47)(H,44,53)/t28-,29?,30?,32?,33+/m1/s1. The fourth-order valence-corrected chi connectivity index (χ4v) is 8.46. The Morgan fingerprint density at radius 3 is 2.18 bits per heavy atom. The Balaban J connectivity index is 1.76. The number of amides is 6. The number of hydrogen-bond donors (Lipinski definition) is 4. The summed E-state index contributed by atoms with van der Waals surface area (Å²) in [6.45, 7) is 11.7. The molecule has 1 saturated heterocycles. The average molecular weight is 787 g/mol. The van der Waals surface area contributed by atoms with E-state index in [1.54, 1.807) is 56.2 Å². The predicted molar refractivity (Wildman–Crippen MR) is 212 cm³/mol. The summed E-state index contributed by atoms with van der Waals surface area (Å²) >= 11 is 1.66. The molecule has 0 radical (unpaired) electrons. The van der Waals surface area contributed by atoms with Crippen molar-refractivity contribution < 1.29 is 38.3 Å². The van der Waals surface area contributed by atoms with Crippen molar-refractivity contribution in [1.29, 1.82) is 0 Å². The van der Waals surface area contributed by atoms with Crippen LogP contribution in [0.5, 0.6) is 0 Å². The van der Waals surface area contributed by atoms with Gasteiger partial charge in [0.15, 0.2) is 0 Å². The maximum absolute atomic E-state index is 14.5. The first-order valence-electron chi connectivity index (χ1n) is 19.5. The molecule has 1 aromatic rings. The normalized spacial score (nSPS) is 19.1. The van der Waals surface area contributed by atoms with Crippen molar-refractivity contribution in [3.05, 3.63) is 35.9 Å². The molecule has 1 aliphatic heterocycles. The first-order chi connectivity index (χ1) is 25.9. The van der Waals surface area contributed by atoms with Crippen molar-refractivity contribution in [2.75, 3.05) is 33.8 Å². The van der Waals surface area contributed by atoms with E-state index in [2.05, 4.69) is 42.0 Å². The van der Waals surface area contributed by atoms with Gasteiger partial charge >= 0.3 is 6.09 Å². The molecule has 2 aliphatic rings. The van der Waals surface area contributed by atoms with Crippen LogP contribution in [0, 0.1) is 11.8 Å². The molecule has 1 aliphatic carbocycles. The van der Waals surface area contributed by atoms with Gasteiger partial charge in [0.1, 0.15) is 18.1 Å². The minimum absolute atomic E-state index is 0.0965. The molecule has 2 fully saturated rings. The van der Waals surface area contributed by atoms with Crippen LogP contribution in [0.1, 0.15) is 105 Å². The van der Waals surface area contributed by atoms with E-state index in [4.69, 9.17) is 4.74 Å². The lowest BCUT2D eigenvalue weighted by Crippen LogP contribution is -2.58. The number of ketones is 1. The zero-order valence-corrected chi connectivity index (χ0v) is 34.6. The van der Waals surface area contributed by atoms with Crippen LogP contribution in [-0.4, -0.2) is 113 Å². The molecule has 0 bridgehead atoms. The van der Waals surface area contributed by atoms with Gasteiger partial charge in [-0.05, 0) is 43.1 Å². The average Bonchev–Trinajstić information content (AvgIpc) is 3.56. The highest BCUT2D eigenvalue weighted by atomic mass is 32.2. The minimum atomic E-state index is -1.21. The van der Waals surface area contributed by atoms with Gasteiger partial charge in [0, 0.05) is 30.6 Å². The molecular formula is C40H62N6O8S. The van der Waals surface area contributed by atoms with Gasteiger partial charge in [-0.25, -0.2) is 4.79 Å². The van der Waals surface area contributed by atoms with Crippen molar-refractivity contribution in [2.24, 2.45) is 11.8 Å². The second-order valence-electron chi connectivity index (χ2n) is 16.1. The Labute approximate surface area is 330 Å². The number of benzene rings is 1. The highest BCUT2D eigenvalue weighted by Gasteiger charge is 2.46. The second-order valence-corrected chi connectivity index (χ2v) is 18.3. The number of ether oxygens (including phenoxy) is 1. The molecule has 4 N–H and O–H groups in total. The van der Waals surface area contributed by atoms with Gasteiger partial charge in [-0.15, -0.1) is 0 Å². The number of rotatable bonds is 17. The van der Waals surface area contributed by atoms with Crippen LogP contribution in [0.25, 0.3) is 0 Å². The minimum Gasteiger partial charge on any atom is -0.449 e. The van der Waals surface area contributed by atoms with Crippen molar-refractivity contribution in [1.82, 2.24) is 31.1 Å². The lowest BCUT2D eigenvalue weighted by molar-refractivity contribution is -0.143. The fourth-order valence-electron chi connectivity index (χ4n) is 6.95. The lowest BCUT2D eigenvalue weighted by Gasteiger charge is -2.34. The zero-order valence-electron chi connectivity index (χ0n) is 33.8. The van der Waals surface area contributed by atoms with E-state index >= 15 is 0 Å². The van der Waals surface area contributed by atoms with E-state index in [0.29, 0.717) is 18.4 Å². The van der Waals surface area contributed by atoms with Crippen LogP contribution in [0.15, 0.2) is 30.3 Å². The quantitative estimate of drug-likeness (QED) is 0.171. The van der Waals surface area contributed by atoms with E-state index in [1.807, 2.05) is 20.8 Å². The first kappa shape index (κ1) is 45.3. The third kappa shape index (κ3) is 14.1. The van der Waals surface area contributed by atoms with Crippen LogP contribution in [0.3, 0.4) is 0 Å².